The quantitative estimate of drug-likeness (QED) is 0.856. The third-order valence-corrected chi connectivity index (χ3v) is 5.07. The van der Waals surface area contributed by atoms with Crippen molar-refractivity contribution in [3.8, 4) is 0 Å². The Balaban J connectivity index is 1.53. The number of hydrogen-bond donors (Lipinski definition) is 1. The molecule has 2 fully saturated rings. The minimum Gasteiger partial charge on any atom is -0.327 e. The lowest BCUT2D eigenvalue weighted by Crippen LogP contribution is -2.29. The fraction of sp³-hybridized carbons (Fsp3) is 0.867. The lowest BCUT2D eigenvalue weighted by molar-refractivity contribution is 0.292. The van der Waals surface area contributed by atoms with E-state index in [-0.39, 0.29) is 6.04 Å². The minimum absolute atomic E-state index is 0.254. The zero-order chi connectivity index (χ0) is 13.2. The van der Waals surface area contributed by atoms with Gasteiger partial charge in [0.15, 0.2) is 0 Å². The van der Waals surface area contributed by atoms with Crippen LogP contribution in [0.3, 0.4) is 0 Å². The molecule has 1 heterocycles. The van der Waals surface area contributed by atoms with Gasteiger partial charge in [0.05, 0.1) is 0 Å². The van der Waals surface area contributed by atoms with E-state index in [1.165, 1.54) is 32.1 Å². The van der Waals surface area contributed by atoms with Gasteiger partial charge in [0.1, 0.15) is 12.2 Å². The molecule has 4 heteroatoms. The second kappa shape index (κ2) is 5.61. The van der Waals surface area contributed by atoms with Gasteiger partial charge in [-0.1, -0.05) is 13.3 Å². The molecule has 2 N–H and O–H groups in total. The van der Waals surface area contributed by atoms with Crippen LogP contribution in [0.25, 0.3) is 0 Å². The van der Waals surface area contributed by atoms with Crippen LogP contribution in [0.15, 0.2) is 6.33 Å². The summed E-state index contributed by atoms with van der Waals surface area (Å²) in [6.07, 6.45) is 10.7. The van der Waals surface area contributed by atoms with Crippen LogP contribution in [0.2, 0.25) is 0 Å². The summed E-state index contributed by atoms with van der Waals surface area (Å²) < 4.78 is 2.01. The molecule has 2 aliphatic carbocycles. The van der Waals surface area contributed by atoms with Gasteiger partial charge in [0.25, 0.3) is 0 Å². The van der Waals surface area contributed by atoms with Crippen LogP contribution in [0.1, 0.15) is 51.3 Å². The molecule has 4 atom stereocenters. The van der Waals surface area contributed by atoms with E-state index in [0.717, 1.165) is 43.0 Å². The first kappa shape index (κ1) is 13.1. The summed E-state index contributed by atoms with van der Waals surface area (Å²) in [6.45, 7) is 3.12. The second-order valence-electron chi connectivity index (χ2n) is 6.53. The van der Waals surface area contributed by atoms with Crippen molar-refractivity contribution in [1.29, 1.82) is 0 Å². The number of fused-ring (bicyclic) bond motifs is 2. The van der Waals surface area contributed by atoms with Crippen molar-refractivity contribution >= 4 is 0 Å². The van der Waals surface area contributed by atoms with Crippen molar-refractivity contribution in [1.82, 2.24) is 14.8 Å². The zero-order valence-electron chi connectivity index (χ0n) is 12.0. The topological polar surface area (TPSA) is 56.7 Å². The number of aromatic nitrogens is 3. The molecule has 0 amide bonds. The normalized spacial score (nSPS) is 30.9. The first-order valence-corrected chi connectivity index (χ1v) is 7.88. The standard InChI is InChI=1S/C15H26N4/c1-2-5-19-15(17-10-18-19)9-14(16)8-13-7-11-3-4-12(13)6-11/h10-14H,2-9,16H2,1H3. The highest BCUT2D eigenvalue weighted by molar-refractivity contribution is 4.94. The Morgan fingerprint density at radius 3 is 3.00 bits per heavy atom. The molecule has 0 radical (unpaired) electrons. The Hall–Kier alpha value is -0.900. The summed E-state index contributed by atoms with van der Waals surface area (Å²) in [7, 11) is 0. The van der Waals surface area contributed by atoms with Gasteiger partial charge in [0, 0.05) is 19.0 Å². The lowest BCUT2D eigenvalue weighted by Gasteiger charge is -2.24. The summed E-state index contributed by atoms with van der Waals surface area (Å²) in [6, 6.07) is 0.254. The van der Waals surface area contributed by atoms with Crippen LogP contribution in [-0.4, -0.2) is 20.8 Å². The summed E-state index contributed by atoms with van der Waals surface area (Å²) >= 11 is 0. The van der Waals surface area contributed by atoms with Crippen LogP contribution in [0, 0.1) is 17.8 Å². The smallest absolute Gasteiger partial charge is 0.138 e. The number of hydrogen-bond acceptors (Lipinski definition) is 3. The summed E-state index contributed by atoms with van der Waals surface area (Å²) in [5, 5.41) is 4.28. The maximum Gasteiger partial charge on any atom is 0.138 e. The molecule has 0 saturated heterocycles. The highest BCUT2D eigenvalue weighted by Crippen LogP contribution is 2.49. The molecule has 0 aliphatic heterocycles. The van der Waals surface area contributed by atoms with E-state index in [0.29, 0.717) is 0 Å². The number of aryl methyl sites for hydroxylation is 1. The maximum absolute atomic E-state index is 6.36. The monoisotopic (exact) mass is 262 g/mol. The SMILES string of the molecule is CCCn1ncnc1CC(N)CC1CC2CCC1C2. The largest absolute Gasteiger partial charge is 0.327 e. The van der Waals surface area contributed by atoms with Crippen molar-refractivity contribution in [3.63, 3.8) is 0 Å². The van der Waals surface area contributed by atoms with Crippen LogP contribution >= 0.6 is 0 Å². The minimum atomic E-state index is 0.254. The third kappa shape index (κ3) is 2.83. The Bertz CT molecular complexity index is 414. The molecule has 1 aromatic heterocycles. The van der Waals surface area contributed by atoms with Gasteiger partial charge in [0.2, 0.25) is 0 Å². The average molecular weight is 262 g/mol. The van der Waals surface area contributed by atoms with Crippen LogP contribution in [-0.2, 0) is 13.0 Å². The predicted octanol–water partition coefficient (Wildman–Crippen LogP) is 2.38. The van der Waals surface area contributed by atoms with Gasteiger partial charge in [-0.3, -0.25) is 4.68 Å². The zero-order valence-corrected chi connectivity index (χ0v) is 12.0. The molecule has 4 nitrogen and oxygen atoms in total. The summed E-state index contributed by atoms with van der Waals surface area (Å²) in [5.74, 6) is 3.95. The van der Waals surface area contributed by atoms with E-state index in [1.807, 2.05) is 4.68 Å². The van der Waals surface area contributed by atoms with Crippen molar-refractivity contribution in [2.75, 3.05) is 0 Å². The van der Waals surface area contributed by atoms with Crippen molar-refractivity contribution in [2.24, 2.45) is 23.5 Å². The molecule has 19 heavy (non-hydrogen) atoms. The van der Waals surface area contributed by atoms with E-state index in [2.05, 4.69) is 17.0 Å². The summed E-state index contributed by atoms with van der Waals surface area (Å²) in [5.41, 5.74) is 6.36. The Morgan fingerprint density at radius 1 is 1.42 bits per heavy atom. The van der Waals surface area contributed by atoms with E-state index < -0.39 is 0 Å². The summed E-state index contributed by atoms with van der Waals surface area (Å²) in [4.78, 5) is 4.37. The molecule has 3 rings (SSSR count). The predicted molar refractivity (Wildman–Crippen MR) is 75.5 cm³/mol. The van der Waals surface area contributed by atoms with Gasteiger partial charge in [-0.15, -0.1) is 0 Å². The second-order valence-corrected chi connectivity index (χ2v) is 6.53. The number of rotatable bonds is 6. The molecular weight excluding hydrogens is 236 g/mol. The van der Waals surface area contributed by atoms with Crippen molar-refractivity contribution in [3.05, 3.63) is 12.2 Å². The molecule has 106 valence electrons. The molecule has 4 unspecified atom stereocenters. The van der Waals surface area contributed by atoms with E-state index in [4.69, 9.17) is 5.73 Å². The molecular formula is C15H26N4. The van der Waals surface area contributed by atoms with Crippen LogP contribution in [0.4, 0.5) is 0 Å². The van der Waals surface area contributed by atoms with Crippen LogP contribution in [0.5, 0.6) is 0 Å². The molecule has 2 saturated carbocycles. The van der Waals surface area contributed by atoms with E-state index >= 15 is 0 Å². The Labute approximate surface area is 115 Å². The maximum atomic E-state index is 6.36. The van der Waals surface area contributed by atoms with Crippen molar-refractivity contribution < 1.29 is 0 Å². The van der Waals surface area contributed by atoms with E-state index in [1.54, 1.807) is 6.33 Å². The van der Waals surface area contributed by atoms with Gasteiger partial charge in [-0.2, -0.15) is 5.10 Å². The molecule has 0 aromatic carbocycles. The first-order valence-electron chi connectivity index (χ1n) is 7.88. The average Bonchev–Trinajstić information content (AvgIpc) is 3.07. The number of nitrogens with two attached hydrogens (primary N) is 1. The van der Waals surface area contributed by atoms with Crippen molar-refractivity contribution in [2.45, 2.75) is 64.5 Å². The van der Waals surface area contributed by atoms with Gasteiger partial charge in [-0.05, 0) is 49.9 Å². The Morgan fingerprint density at radius 2 is 2.32 bits per heavy atom. The molecule has 1 aromatic rings. The first-order chi connectivity index (χ1) is 9.26. The fourth-order valence-electron chi connectivity index (χ4n) is 4.22. The van der Waals surface area contributed by atoms with E-state index in [9.17, 15) is 0 Å². The lowest BCUT2D eigenvalue weighted by atomic mass is 9.84. The molecule has 2 bridgehead atoms. The highest BCUT2D eigenvalue weighted by Gasteiger charge is 2.39. The highest BCUT2D eigenvalue weighted by atomic mass is 15.3. The van der Waals surface area contributed by atoms with Gasteiger partial charge < -0.3 is 5.73 Å². The number of nitrogens with zero attached hydrogens (tertiary/aromatic N) is 3. The van der Waals surface area contributed by atoms with Gasteiger partial charge in [-0.25, -0.2) is 4.98 Å². The third-order valence-electron chi connectivity index (χ3n) is 5.07. The molecule has 0 spiro atoms. The van der Waals surface area contributed by atoms with Crippen LogP contribution < -0.4 is 5.73 Å². The Kier molecular flexibility index (Phi) is 3.87. The van der Waals surface area contributed by atoms with Gasteiger partial charge >= 0.3 is 0 Å². The fourth-order valence-corrected chi connectivity index (χ4v) is 4.22. The molecule has 2 aliphatic rings.